The van der Waals surface area contributed by atoms with Crippen molar-refractivity contribution < 1.29 is 13.2 Å². The van der Waals surface area contributed by atoms with E-state index in [1.165, 1.54) is 31.2 Å². The van der Waals surface area contributed by atoms with Gasteiger partial charge in [-0.05, 0) is 43.5 Å². The molecule has 1 aliphatic heterocycles. The molecule has 1 aliphatic rings. The van der Waals surface area contributed by atoms with Gasteiger partial charge in [0.15, 0.2) is 0 Å². The highest BCUT2D eigenvalue weighted by Gasteiger charge is 2.17. The topological polar surface area (TPSA) is 92.5 Å². The predicted octanol–water partition coefficient (Wildman–Crippen LogP) is 1.44. The molecule has 7 heteroatoms. The molecule has 1 atom stereocenters. The third-order valence-electron chi connectivity index (χ3n) is 4.80. The van der Waals surface area contributed by atoms with Crippen LogP contribution in [0.2, 0.25) is 0 Å². The van der Waals surface area contributed by atoms with Crippen LogP contribution in [0.5, 0.6) is 0 Å². The number of nitrogens with zero attached hydrogens (tertiary/aromatic N) is 1. The van der Waals surface area contributed by atoms with Crippen molar-refractivity contribution in [3.8, 4) is 0 Å². The first-order valence-electron chi connectivity index (χ1n) is 9.35. The van der Waals surface area contributed by atoms with Crippen molar-refractivity contribution >= 4 is 15.7 Å². The van der Waals surface area contributed by atoms with E-state index in [2.05, 4.69) is 16.3 Å². The van der Waals surface area contributed by atoms with Crippen LogP contribution in [0.15, 0.2) is 24.3 Å². The third-order valence-corrected chi connectivity index (χ3v) is 5.78. The van der Waals surface area contributed by atoms with Crippen molar-refractivity contribution in [3.05, 3.63) is 35.4 Å². The highest BCUT2D eigenvalue weighted by atomic mass is 32.2. The first-order chi connectivity index (χ1) is 12.3. The summed E-state index contributed by atoms with van der Waals surface area (Å²) in [6.07, 6.45) is 6.39. The standard InChI is InChI=1S/C19H31N3O3S/c1-26(24,25)13-10-18(20)19(23)21-14-16-8-4-5-9-17(16)15-22-11-6-2-3-7-12-22/h4-5,8-9,18H,2-3,6-7,10-15,20H2,1H3,(H,21,23). The largest absolute Gasteiger partial charge is 0.351 e. The molecule has 1 unspecified atom stereocenters. The Balaban J connectivity index is 1.89. The summed E-state index contributed by atoms with van der Waals surface area (Å²) in [4.78, 5) is 14.6. The lowest BCUT2D eigenvalue weighted by molar-refractivity contribution is -0.122. The van der Waals surface area contributed by atoms with Crippen LogP contribution in [0.25, 0.3) is 0 Å². The van der Waals surface area contributed by atoms with Crippen molar-refractivity contribution in [1.82, 2.24) is 10.2 Å². The minimum absolute atomic E-state index is 0.0763. The number of hydrogen-bond donors (Lipinski definition) is 2. The van der Waals surface area contributed by atoms with Crippen molar-refractivity contribution in [2.45, 2.75) is 51.2 Å². The lowest BCUT2D eigenvalue weighted by atomic mass is 10.1. The molecule has 0 bridgehead atoms. The van der Waals surface area contributed by atoms with E-state index in [4.69, 9.17) is 5.73 Å². The molecule has 1 fully saturated rings. The van der Waals surface area contributed by atoms with Gasteiger partial charge < -0.3 is 11.1 Å². The molecule has 6 nitrogen and oxygen atoms in total. The highest BCUT2D eigenvalue weighted by molar-refractivity contribution is 7.90. The average Bonchev–Trinajstić information content (AvgIpc) is 2.86. The fraction of sp³-hybridized carbons (Fsp3) is 0.632. The summed E-state index contributed by atoms with van der Waals surface area (Å²) in [5, 5.41) is 2.85. The van der Waals surface area contributed by atoms with Gasteiger partial charge >= 0.3 is 0 Å². The molecule has 1 amide bonds. The molecule has 0 saturated carbocycles. The van der Waals surface area contributed by atoms with Crippen LogP contribution in [0.4, 0.5) is 0 Å². The van der Waals surface area contributed by atoms with E-state index in [-0.39, 0.29) is 18.1 Å². The Bertz CT molecular complexity index is 683. The third kappa shape index (κ3) is 7.43. The van der Waals surface area contributed by atoms with Gasteiger partial charge in [0, 0.05) is 19.3 Å². The smallest absolute Gasteiger partial charge is 0.237 e. The van der Waals surface area contributed by atoms with Crippen LogP contribution in [-0.4, -0.2) is 50.4 Å². The van der Waals surface area contributed by atoms with Crippen LogP contribution < -0.4 is 11.1 Å². The van der Waals surface area contributed by atoms with Crippen LogP contribution in [0.3, 0.4) is 0 Å². The number of amides is 1. The summed E-state index contributed by atoms with van der Waals surface area (Å²) in [6, 6.07) is 7.32. The molecule has 2 rings (SSSR count). The molecule has 3 N–H and O–H groups in total. The minimum atomic E-state index is -3.11. The van der Waals surface area contributed by atoms with Gasteiger partial charge in [-0.15, -0.1) is 0 Å². The number of nitrogens with two attached hydrogens (primary N) is 1. The van der Waals surface area contributed by atoms with Crippen LogP contribution in [0.1, 0.15) is 43.2 Å². The summed E-state index contributed by atoms with van der Waals surface area (Å²) < 4.78 is 22.4. The van der Waals surface area contributed by atoms with E-state index >= 15 is 0 Å². The number of carbonyl (C=O) groups is 1. The zero-order chi connectivity index (χ0) is 19.0. The molecule has 146 valence electrons. The summed E-state index contributed by atoms with van der Waals surface area (Å²) in [5.74, 6) is -0.383. The van der Waals surface area contributed by atoms with Crippen LogP contribution in [0, 0.1) is 0 Å². The Morgan fingerprint density at radius 1 is 1.15 bits per heavy atom. The number of nitrogens with one attached hydrogen (secondary N) is 1. The zero-order valence-corrected chi connectivity index (χ0v) is 16.4. The van der Waals surface area contributed by atoms with Gasteiger partial charge in [-0.1, -0.05) is 37.1 Å². The van der Waals surface area contributed by atoms with Gasteiger partial charge in [0.25, 0.3) is 0 Å². The number of hydrogen-bond acceptors (Lipinski definition) is 5. The normalized spacial score (nSPS) is 17.5. The summed E-state index contributed by atoms with van der Waals surface area (Å²) in [5.41, 5.74) is 8.11. The molecule has 1 aromatic rings. The Morgan fingerprint density at radius 3 is 2.38 bits per heavy atom. The fourth-order valence-corrected chi connectivity index (χ4v) is 3.89. The maximum Gasteiger partial charge on any atom is 0.237 e. The summed E-state index contributed by atoms with van der Waals surface area (Å²) in [7, 11) is -3.11. The van der Waals surface area contributed by atoms with Crippen molar-refractivity contribution in [2.75, 3.05) is 25.1 Å². The van der Waals surface area contributed by atoms with Gasteiger partial charge in [-0.25, -0.2) is 8.42 Å². The Kier molecular flexibility index (Phi) is 8.06. The van der Waals surface area contributed by atoms with Crippen LogP contribution >= 0.6 is 0 Å². The molecule has 1 saturated heterocycles. The first kappa shape index (κ1) is 20.9. The summed E-state index contributed by atoms with van der Waals surface area (Å²) in [6.45, 7) is 3.55. The molecular formula is C19H31N3O3S. The molecule has 0 aliphatic carbocycles. The zero-order valence-electron chi connectivity index (χ0n) is 15.6. The van der Waals surface area contributed by atoms with Gasteiger partial charge in [0.05, 0.1) is 11.8 Å². The number of rotatable bonds is 8. The Hall–Kier alpha value is -1.44. The molecule has 0 spiro atoms. The minimum Gasteiger partial charge on any atom is -0.351 e. The number of sulfone groups is 1. The lowest BCUT2D eigenvalue weighted by Crippen LogP contribution is -2.41. The second-order valence-electron chi connectivity index (χ2n) is 7.20. The fourth-order valence-electron chi connectivity index (χ4n) is 3.20. The van der Waals surface area contributed by atoms with Crippen molar-refractivity contribution in [1.29, 1.82) is 0 Å². The maximum atomic E-state index is 12.1. The van der Waals surface area contributed by atoms with Gasteiger partial charge in [0.1, 0.15) is 9.84 Å². The Morgan fingerprint density at radius 2 is 1.77 bits per heavy atom. The lowest BCUT2D eigenvalue weighted by Gasteiger charge is -2.22. The number of carbonyl (C=O) groups excluding carboxylic acids is 1. The first-order valence-corrected chi connectivity index (χ1v) is 11.4. The van der Waals surface area contributed by atoms with Gasteiger partial charge in [0.2, 0.25) is 5.91 Å². The average molecular weight is 382 g/mol. The summed E-state index contributed by atoms with van der Waals surface area (Å²) >= 11 is 0. The van der Waals surface area contributed by atoms with Gasteiger partial charge in [-0.3, -0.25) is 9.69 Å². The molecule has 1 aromatic carbocycles. The molecule has 0 aromatic heterocycles. The highest BCUT2D eigenvalue weighted by Crippen LogP contribution is 2.16. The quantitative estimate of drug-likeness (QED) is 0.711. The van der Waals surface area contributed by atoms with E-state index in [0.29, 0.717) is 6.54 Å². The van der Waals surface area contributed by atoms with E-state index in [1.54, 1.807) is 0 Å². The molecule has 1 heterocycles. The van der Waals surface area contributed by atoms with E-state index in [1.807, 2.05) is 18.2 Å². The molecule has 26 heavy (non-hydrogen) atoms. The molecule has 0 radical (unpaired) electrons. The number of benzene rings is 1. The number of likely N-dealkylation sites (tertiary alicyclic amines) is 1. The molecular weight excluding hydrogens is 350 g/mol. The van der Waals surface area contributed by atoms with E-state index in [9.17, 15) is 13.2 Å². The predicted molar refractivity (Wildman–Crippen MR) is 104 cm³/mol. The van der Waals surface area contributed by atoms with Crippen LogP contribution in [-0.2, 0) is 27.7 Å². The second-order valence-corrected chi connectivity index (χ2v) is 9.46. The van der Waals surface area contributed by atoms with Crippen molar-refractivity contribution in [3.63, 3.8) is 0 Å². The SMILES string of the molecule is CS(=O)(=O)CCC(N)C(=O)NCc1ccccc1CN1CCCCCC1. The van der Waals surface area contributed by atoms with E-state index < -0.39 is 15.9 Å². The van der Waals surface area contributed by atoms with Crippen molar-refractivity contribution in [2.24, 2.45) is 5.73 Å². The van der Waals surface area contributed by atoms with E-state index in [0.717, 1.165) is 31.5 Å². The monoisotopic (exact) mass is 381 g/mol. The second kappa shape index (κ2) is 10.0. The Labute approximate surface area is 157 Å². The maximum absolute atomic E-state index is 12.1. The van der Waals surface area contributed by atoms with Gasteiger partial charge in [-0.2, -0.15) is 0 Å².